The zero-order valence-electron chi connectivity index (χ0n) is 11.4. The summed E-state index contributed by atoms with van der Waals surface area (Å²) in [4.78, 5) is 10.9. The second kappa shape index (κ2) is 7.50. The molecule has 0 aliphatic rings. The maximum absolute atomic E-state index is 10.9. The summed E-state index contributed by atoms with van der Waals surface area (Å²) in [5.41, 5.74) is 1.15. The van der Waals surface area contributed by atoms with Gasteiger partial charge in [-0.3, -0.25) is 0 Å². The smallest absolute Gasteiger partial charge is 0.335 e. The van der Waals surface area contributed by atoms with Gasteiger partial charge in [0.15, 0.2) is 0 Å². The molecule has 106 valence electrons. The Morgan fingerprint density at radius 3 is 2.63 bits per heavy atom. The first-order chi connectivity index (χ1) is 8.95. The molecule has 1 atom stereocenters. The van der Waals surface area contributed by atoms with E-state index in [1.165, 1.54) is 0 Å². The van der Waals surface area contributed by atoms with Crippen LogP contribution >= 0.6 is 15.9 Å². The van der Waals surface area contributed by atoms with Gasteiger partial charge in [0.1, 0.15) is 0 Å². The molecule has 1 unspecified atom stereocenters. The van der Waals surface area contributed by atoms with E-state index in [4.69, 9.17) is 9.84 Å². The number of hydrogen-bond donors (Lipinski definition) is 2. The number of nitrogens with one attached hydrogen (secondary N) is 1. The lowest BCUT2D eigenvalue weighted by atomic mass is 10.0. The maximum atomic E-state index is 10.9. The molecular weight excluding hydrogens is 310 g/mol. The van der Waals surface area contributed by atoms with Gasteiger partial charge in [-0.2, -0.15) is 0 Å². The molecule has 0 saturated heterocycles. The van der Waals surface area contributed by atoms with Crippen LogP contribution in [0.5, 0.6) is 0 Å². The van der Waals surface area contributed by atoms with Crippen LogP contribution in [0.2, 0.25) is 0 Å². The van der Waals surface area contributed by atoms with E-state index in [9.17, 15) is 4.79 Å². The van der Waals surface area contributed by atoms with Gasteiger partial charge in [0.05, 0.1) is 18.2 Å². The molecule has 0 amide bonds. The van der Waals surface area contributed by atoms with Gasteiger partial charge >= 0.3 is 5.97 Å². The minimum atomic E-state index is -0.929. The Hall–Kier alpha value is -1.07. The van der Waals surface area contributed by atoms with E-state index in [0.717, 1.165) is 10.2 Å². The zero-order valence-corrected chi connectivity index (χ0v) is 13.0. The van der Waals surface area contributed by atoms with E-state index in [-0.39, 0.29) is 11.6 Å². The van der Waals surface area contributed by atoms with Crippen molar-refractivity contribution in [2.24, 2.45) is 5.92 Å². The van der Waals surface area contributed by atoms with Gasteiger partial charge in [-0.05, 0) is 47.0 Å². The molecule has 4 nitrogen and oxygen atoms in total. The Morgan fingerprint density at radius 2 is 2.16 bits per heavy atom. The maximum Gasteiger partial charge on any atom is 0.335 e. The third-order valence-electron chi connectivity index (χ3n) is 2.86. The van der Waals surface area contributed by atoms with Crippen LogP contribution in [0.15, 0.2) is 22.7 Å². The van der Waals surface area contributed by atoms with Gasteiger partial charge in [0, 0.05) is 16.8 Å². The van der Waals surface area contributed by atoms with Crippen molar-refractivity contribution in [2.75, 3.05) is 18.5 Å². The highest BCUT2D eigenvalue weighted by Crippen LogP contribution is 2.25. The molecule has 0 fully saturated rings. The van der Waals surface area contributed by atoms with E-state index in [2.05, 4.69) is 35.1 Å². The summed E-state index contributed by atoms with van der Waals surface area (Å²) >= 11 is 3.39. The van der Waals surface area contributed by atoms with Crippen molar-refractivity contribution in [3.8, 4) is 0 Å². The first-order valence-electron chi connectivity index (χ1n) is 6.32. The van der Waals surface area contributed by atoms with Gasteiger partial charge in [-0.25, -0.2) is 4.79 Å². The third-order valence-corrected chi connectivity index (χ3v) is 3.52. The van der Waals surface area contributed by atoms with E-state index in [1.54, 1.807) is 18.2 Å². The average Bonchev–Trinajstić information content (AvgIpc) is 2.35. The third kappa shape index (κ3) is 4.84. The Balaban J connectivity index is 2.81. The quantitative estimate of drug-likeness (QED) is 0.802. The predicted octanol–water partition coefficient (Wildman–Crippen LogP) is 3.62. The number of ether oxygens (including phenoxy) is 1. The number of aromatic carboxylic acids is 1. The van der Waals surface area contributed by atoms with Crippen LogP contribution in [0, 0.1) is 5.92 Å². The number of carboxylic acid groups (broad SMARTS) is 1. The molecule has 0 spiro atoms. The minimum Gasteiger partial charge on any atom is -0.478 e. The number of benzene rings is 1. The standard InChI is InChI=1S/C14H20BrNO3/c1-4-19-8-13(9(2)3)16-12-6-5-10(14(17)18)7-11(12)15/h5-7,9,13,16H,4,8H2,1-3H3,(H,17,18). The van der Waals surface area contributed by atoms with Crippen LogP contribution in [-0.4, -0.2) is 30.3 Å². The highest BCUT2D eigenvalue weighted by molar-refractivity contribution is 9.10. The van der Waals surface area contributed by atoms with Crippen LogP contribution in [0.1, 0.15) is 31.1 Å². The molecule has 0 radical (unpaired) electrons. The number of hydrogen-bond acceptors (Lipinski definition) is 3. The lowest BCUT2D eigenvalue weighted by Crippen LogP contribution is -2.31. The monoisotopic (exact) mass is 329 g/mol. The fraction of sp³-hybridized carbons (Fsp3) is 0.500. The van der Waals surface area contributed by atoms with Crippen molar-refractivity contribution in [3.63, 3.8) is 0 Å². The molecule has 19 heavy (non-hydrogen) atoms. The van der Waals surface area contributed by atoms with Gasteiger partial charge in [0.25, 0.3) is 0 Å². The molecule has 2 N–H and O–H groups in total. The summed E-state index contributed by atoms with van der Waals surface area (Å²) in [6, 6.07) is 5.15. The van der Waals surface area contributed by atoms with Crippen molar-refractivity contribution in [2.45, 2.75) is 26.8 Å². The van der Waals surface area contributed by atoms with E-state index < -0.39 is 5.97 Å². The van der Waals surface area contributed by atoms with E-state index in [0.29, 0.717) is 19.1 Å². The molecule has 0 aliphatic heterocycles. The second-order valence-corrected chi connectivity index (χ2v) is 5.51. The molecule has 0 bridgehead atoms. The summed E-state index contributed by atoms with van der Waals surface area (Å²) in [5, 5.41) is 12.3. The molecule has 0 saturated carbocycles. The van der Waals surface area contributed by atoms with Crippen molar-refractivity contribution in [1.82, 2.24) is 0 Å². The highest BCUT2D eigenvalue weighted by atomic mass is 79.9. The molecular formula is C14H20BrNO3. The van der Waals surface area contributed by atoms with Crippen molar-refractivity contribution < 1.29 is 14.6 Å². The normalized spacial score (nSPS) is 12.5. The Labute approximate surface area is 122 Å². The van der Waals surface area contributed by atoms with Crippen molar-refractivity contribution in [1.29, 1.82) is 0 Å². The summed E-state index contributed by atoms with van der Waals surface area (Å²) in [5.74, 6) is -0.514. The van der Waals surface area contributed by atoms with Gasteiger partial charge in [-0.15, -0.1) is 0 Å². The lowest BCUT2D eigenvalue weighted by Gasteiger charge is -2.24. The first-order valence-corrected chi connectivity index (χ1v) is 7.12. The van der Waals surface area contributed by atoms with Crippen LogP contribution in [0.25, 0.3) is 0 Å². The number of rotatable bonds is 7. The summed E-state index contributed by atoms with van der Waals surface area (Å²) in [6.07, 6.45) is 0. The number of carbonyl (C=O) groups is 1. The molecule has 1 rings (SSSR count). The Morgan fingerprint density at radius 1 is 1.47 bits per heavy atom. The first kappa shape index (κ1) is 16.0. The number of anilines is 1. The van der Waals surface area contributed by atoms with Crippen molar-refractivity contribution in [3.05, 3.63) is 28.2 Å². The summed E-state index contributed by atoms with van der Waals surface area (Å²) < 4.78 is 6.20. The van der Waals surface area contributed by atoms with Crippen LogP contribution < -0.4 is 5.32 Å². The fourth-order valence-electron chi connectivity index (χ4n) is 1.61. The average molecular weight is 330 g/mol. The molecule has 0 heterocycles. The summed E-state index contributed by atoms with van der Waals surface area (Å²) in [7, 11) is 0. The molecule has 5 heteroatoms. The fourth-order valence-corrected chi connectivity index (χ4v) is 2.10. The number of halogens is 1. The Kier molecular flexibility index (Phi) is 6.31. The Bertz CT molecular complexity index is 435. The van der Waals surface area contributed by atoms with Gasteiger partial charge < -0.3 is 15.2 Å². The second-order valence-electron chi connectivity index (χ2n) is 4.65. The molecule has 0 aromatic heterocycles. The zero-order chi connectivity index (χ0) is 14.4. The van der Waals surface area contributed by atoms with Gasteiger partial charge in [0.2, 0.25) is 0 Å². The van der Waals surface area contributed by atoms with Crippen LogP contribution in [-0.2, 0) is 4.74 Å². The molecule has 1 aromatic carbocycles. The highest BCUT2D eigenvalue weighted by Gasteiger charge is 2.15. The molecule has 1 aromatic rings. The topological polar surface area (TPSA) is 58.6 Å². The van der Waals surface area contributed by atoms with E-state index >= 15 is 0 Å². The largest absolute Gasteiger partial charge is 0.478 e. The van der Waals surface area contributed by atoms with Crippen molar-refractivity contribution >= 4 is 27.6 Å². The lowest BCUT2D eigenvalue weighted by molar-refractivity contribution is 0.0697. The van der Waals surface area contributed by atoms with Crippen LogP contribution in [0.3, 0.4) is 0 Å². The van der Waals surface area contributed by atoms with Gasteiger partial charge in [-0.1, -0.05) is 13.8 Å². The SMILES string of the molecule is CCOCC(Nc1ccc(C(=O)O)cc1Br)C(C)C. The minimum absolute atomic E-state index is 0.187. The number of carboxylic acids is 1. The van der Waals surface area contributed by atoms with E-state index in [1.807, 2.05) is 6.92 Å². The predicted molar refractivity (Wildman–Crippen MR) is 79.8 cm³/mol. The van der Waals surface area contributed by atoms with Crippen LogP contribution in [0.4, 0.5) is 5.69 Å². The summed E-state index contributed by atoms with van der Waals surface area (Å²) in [6.45, 7) is 7.52. The molecule has 0 aliphatic carbocycles.